The van der Waals surface area contributed by atoms with Gasteiger partial charge in [0.15, 0.2) is 0 Å². The van der Waals surface area contributed by atoms with Crippen LogP contribution in [0.15, 0.2) is 72.9 Å². The highest BCUT2D eigenvalue weighted by atomic mass is 24.3. The van der Waals surface area contributed by atoms with Crippen LogP contribution < -0.4 is 0 Å². The molecule has 0 fully saturated rings. The lowest BCUT2D eigenvalue weighted by molar-refractivity contribution is -0.136. The van der Waals surface area contributed by atoms with Crippen molar-refractivity contribution in [1.29, 1.82) is 0 Å². The number of hydrogen-bond acceptors (Lipinski definition) is 1. The van der Waals surface area contributed by atoms with Gasteiger partial charge in [-0.1, -0.05) is 79.8 Å². The van der Waals surface area contributed by atoms with E-state index in [9.17, 15) is 4.79 Å². The van der Waals surface area contributed by atoms with E-state index in [4.69, 9.17) is 5.11 Å². The molecule has 1 N–H and O–H groups in total. The number of carbonyl (C=O) groups is 1. The highest BCUT2D eigenvalue weighted by molar-refractivity contribution is 5.75. The standard InChI is InChI=1S/C22H32O2.Mg/c1-2-3-4-5-6-7-8-9-10-11-12-13-14-15-16-17-18-19-20-21-22(23)24;/h3-4,6-7,9-10,12-13,15-16,18-19H,2,5,8,11,14,17,20-21H2,1H3,(H,23,24);/b4-3-,7-6-,10-9-,13-12-,16-15-,19-18-;. The molecule has 0 saturated heterocycles. The van der Waals surface area contributed by atoms with Gasteiger partial charge in [-0.3, -0.25) is 4.79 Å². The normalized spacial score (nSPS) is 12.5. The van der Waals surface area contributed by atoms with Crippen LogP contribution in [0.1, 0.15) is 58.3 Å². The second-order valence-corrected chi connectivity index (χ2v) is 5.35. The number of aliphatic carboxylic acids is 1. The molecule has 0 aliphatic heterocycles. The van der Waals surface area contributed by atoms with Gasteiger partial charge in [-0.05, 0) is 44.9 Å². The van der Waals surface area contributed by atoms with Crippen LogP contribution in [-0.2, 0) is 4.79 Å². The molecule has 0 aromatic carbocycles. The van der Waals surface area contributed by atoms with Crippen molar-refractivity contribution in [2.24, 2.45) is 0 Å². The lowest BCUT2D eigenvalue weighted by Crippen LogP contribution is -1.91. The maximum Gasteiger partial charge on any atom is 0.303 e. The molecule has 3 heteroatoms. The number of rotatable bonds is 14. The van der Waals surface area contributed by atoms with Gasteiger partial charge in [0.2, 0.25) is 0 Å². The summed E-state index contributed by atoms with van der Waals surface area (Å²) in [5.74, 6) is -0.741. The fraction of sp³-hybridized carbons (Fsp3) is 0.409. The minimum atomic E-state index is -0.741. The molecule has 0 rings (SSSR count). The molecule has 2 radical (unpaired) electrons. The van der Waals surface area contributed by atoms with E-state index in [-0.39, 0.29) is 29.5 Å². The van der Waals surface area contributed by atoms with E-state index in [2.05, 4.69) is 67.7 Å². The summed E-state index contributed by atoms with van der Waals surface area (Å²) >= 11 is 0. The highest BCUT2D eigenvalue weighted by Gasteiger charge is 1.90. The first-order valence-electron chi connectivity index (χ1n) is 8.89. The van der Waals surface area contributed by atoms with Crippen LogP contribution in [-0.4, -0.2) is 34.1 Å². The Balaban J connectivity index is 0. The third-order valence-corrected chi connectivity index (χ3v) is 3.12. The van der Waals surface area contributed by atoms with Crippen LogP contribution in [0.2, 0.25) is 0 Å². The summed E-state index contributed by atoms with van der Waals surface area (Å²) in [5.41, 5.74) is 0. The van der Waals surface area contributed by atoms with Gasteiger partial charge < -0.3 is 5.11 Å². The SMILES string of the molecule is CC/C=C\C/C=C\C/C=C\C/C=C\C/C=C\C/C=C\CCC(=O)O.[Mg]. The summed E-state index contributed by atoms with van der Waals surface area (Å²) in [4.78, 5) is 10.3. The van der Waals surface area contributed by atoms with Crippen LogP contribution in [0.5, 0.6) is 0 Å². The molecule has 0 atom stereocenters. The second-order valence-electron chi connectivity index (χ2n) is 5.35. The van der Waals surface area contributed by atoms with Crippen molar-refractivity contribution in [2.75, 3.05) is 0 Å². The zero-order chi connectivity index (χ0) is 17.7. The molecule has 0 unspecified atom stereocenters. The van der Waals surface area contributed by atoms with E-state index in [1.54, 1.807) is 0 Å². The van der Waals surface area contributed by atoms with Gasteiger partial charge in [0.25, 0.3) is 0 Å². The molecular formula is C22H32MgO2. The predicted octanol–water partition coefficient (Wildman–Crippen LogP) is 6.17. The largest absolute Gasteiger partial charge is 0.481 e. The number of hydrogen-bond donors (Lipinski definition) is 1. The molecule has 0 aliphatic rings. The van der Waals surface area contributed by atoms with Gasteiger partial charge in [0, 0.05) is 29.5 Å². The smallest absolute Gasteiger partial charge is 0.303 e. The van der Waals surface area contributed by atoms with Gasteiger partial charge in [-0.2, -0.15) is 0 Å². The number of carboxylic acids is 1. The molecule has 2 nitrogen and oxygen atoms in total. The third-order valence-electron chi connectivity index (χ3n) is 3.12. The summed E-state index contributed by atoms with van der Waals surface area (Å²) in [5, 5.41) is 8.49. The van der Waals surface area contributed by atoms with Gasteiger partial charge in [-0.15, -0.1) is 0 Å². The lowest BCUT2D eigenvalue weighted by atomic mass is 10.2. The quantitative estimate of drug-likeness (QED) is 0.300. The van der Waals surface area contributed by atoms with Crippen LogP contribution >= 0.6 is 0 Å². The topological polar surface area (TPSA) is 37.3 Å². The first kappa shape index (κ1) is 25.9. The molecular weight excluding hydrogens is 321 g/mol. The fourth-order valence-electron chi connectivity index (χ4n) is 1.85. The van der Waals surface area contributed by atoms with Crippen molar-refractivity contribution >= 4 is 29.0 Å². The maximum atomic E-state index is 10.3. The second kappa shape index (κ2) is 22.7. The molecule has 0 saturated carbocycles. The summed E-state index contributed by atoms with van der Waals surface area (Å²) in [6, 6.07) is 0. The van der Waals surface area contributed by atoms with Crippen molar-refractivity contribution in [2.45, 2.75) is 58.3 Å². The maximum absolute atomic E-state index is 10.3. The van der Waals surface area contributed by atoms with E-state index in [1.165, 1.54) is 0 Å². The molecule has 25 heavy (non-hydrogen) atoms. The zero-order valence-electron chi connectivity index (χ0n) is 15.6. The predicted molar refractivity (Wildman–Crippen MR) is 111 cm³/mol. The van der Waals surface area contributed by atoms with Crippen molar-refractivity contribution in [3.05, 3.63) is 72.9 Å². The molecule has 0 spiro atoms. The molecule has 0 aliphatic carbocycles. The van der Waals surface area contributed by atoms with Crippen molar-refractivity contribution in [1.82, 2.24) is 0 Å². The first-order valence-corrected chi connectivity index (χ1v) is 8.89. The van der Waals surface area contributed by atoms with E-state index in [1.807, 2.05) is 12.2 Å². The van der Waals surface area contributed by atoms with E-state index >= 15 is 0 Å². The van der Waals surface area contributed by atoms with Crippen LogP contribution in [0.3, 0.4) is 0 Å². The Morgan fingerprint density at radius 1 is 0.640 bits per heavy atom. The van der Waals surface area contributed by atoms with E-state index in [0.717, 1.165) is 38.5 Å². The summed E-state index contributed by atoms with van der Waals surface area (Å²) in [6.45, 7) is 2.15. The Kier molecular flexibility index (Phi) is 23.5. The van der Waals surface area contributed by atoms with Crippen LogP contribution in [0, 0.1) is 0 Å². The van der Waals surface area contributed by atoms with Crippen molar-refractivity contribution < 1.29 is 9.90 Å². The Morgan fingerprint density at radius 2 is 0.960 bits per heavy atom. The first-order chi connectivity index (χ1) is 11.8. The number of carboxylic acid groups (broad SMARTS) is 1. The Labute approximate surface area is 169 Å². The van der Waals surface area contributed by atoms with Crippen LogP contribution in [0.4, 0.5) is 0 Å². The Hall–Kier alpha value is -1.32. The van der Waals surface area contributed by atoms with Crippen LogP contribution in [0.25, 0.3) is 0 Å². The molecule has 134 valence electrons. The Morgan fingerprint density at radius 3 is 1.28 bits per heavy atom. The van der Waals surface area contributed by atoms with Gasteiger partial charge in [0.05, 0.1) is 0 Å². The lowest BCUT2D eigenvalue weighted by Gasteiger charge is -1.87. The van der Waals surface area contributed by atoms with E-state index in [0.29, 0.717) is 6.42 Å². The highest BCUT2D eigenvalue weighted by Crippen LogP contribution is 1.97. The average Bonchev–Trinajstić information content (AvgIpc) is 2.56. The molecule has 0 aromatic rings. The fourth-order valence-corrected chi connectivity index (χ4v) is 1.85. The van der Waals surface area contributed by atoms with Gasteiger partial charge in [-0.25, -0.2) is 0 Å². The molecule has 0 amide bonds. The summed E-state index contributed by atoms with van der Waals surface area (Å²) < 4.78 is 0. The monoisotopic (exact) mass is 352 g/mol. The van der Waals surface area contributed by atoms with Crippen molar-refractivity contribution in [3.63, 3.8) is 0 Å². The third kappa shape index (κ3) is 25.0. The Bertz CT molecular complexity index is 468. The van der Waals surface area contributed by atoms with Gasteiger partial charge in [0.1, 0.15) is 0 Å². The molecule has 0 bridgehead atoms. The molecule has 0 heterocycles. The van der Waals surface area contributed by atoms with Crippen molar-refractivity contribution in [3.8, 4) is 0 Å². The summed E-state index contributed by atoms with van der Waals surface area (Å²) in [7, 11) is 0. The minimum absolute atomic E-state index is 0. The zero-order valence-corrected chi connectivity index (χ0v) is 17.1. The minimum Gasteiger partial charge on any atom is -0.481 e. The van der Waals surface area contributed by atoms with E-state index < -0.39 is 5.97 Å². The molecule has 0 aromatic heterocycles. The van der Waals surface area contributed by atoms with Gasteiger partial charge >= 0.3 is 5.97 Å². The average molecular weight is 353 g/mol. The summed E-state index contributed by atoms with van der Waals surface area (Å²) in [6.07, 6.45) is 32.5. The number of allylic oxidation sites excluding steroid dienone is 12.